The van der Waals surface area contributed by atoms with Crippen molar-refractivity contribution >= 4 is 5.97 Å². The van der Waals surface area contributed by atoms with E-state index in [2.05, 4.69) is 6.58 Å². The van der Waals surface area contributed by atoms with E-state index in [1.807, 2.05) is 30.3 Å². The number of esters is 1. The Labute approximate surface area is 107 Å². The van der Waals surface area contributed by atoms with Crippen LogP contribution in [0.15, 0.2) is 42.5 Å². The SMILES string of the molecule is C=C(C)C(=O)OC1(Cc2ccccc2)CCCO1. The molecule has 3 nitrogen and oxygen atoms in total. The fourth-order valence-electron chi connectivity index (χ4n) is 2.09. The highest BCUT2D eigenvalue weighted by atomic mass is 16.7. The van der Waals surface area contributed by atoms with Gasteiger partial charge in [-0.3, -0.25) is 0 Å². The van der Waals surface area contributed by atoms with Crippen LogP contribution in [0.3, 0.4) is 0 Å². The lowest BCUT2D eigenvalue weighted by Gasteiger charge is -2.28. The number of ether oxygens (including phenoxy) is 2. The summed E-state index contributed by atoms with van der Waals surface area (Å²) in [6, 6.07) is 9.93. The molecule has 2 rings (SSSR count). The largest absolute Gasteiger partial charge is 0.429 e. The van der Waals surface area contributed by atoms with Crippen molar-refractivity contribution in [1.29, 1.82) is 0 Å². The maximum atomic E-state index is 11.7. The minimum absolute atomic E-state index is 0.382. The maximum absolute atomic E-state index is 11.7. The Hall–Kier alpha value is -1.61. The zero-order chi connectivity index (χ0) is 13.0. The van der Waals surface area contributed by atoms with E-state index in [9.17, 15) is 4.79 Å². The predicted octanol–water partition coefficient (Wildman–Crippen LogP) is 2.86. The first-order chi connectivity index (χ1) is 8.61. The third-order valence-electron chi connectivity index (χ3n) is 3.01. The van der Waals surface area contributed by atoms with Crippen molar-refractivity contribution in [2.24, 2.45) is 0 Å². The molecule has 3 heteroatoms. The van der Waals surface area contributed by atoms with Gasteiger partial charge in [-0.2, -0.15) is 0 Å². The summed E-state index contributed by atoms with van der Waals surface area (Å²) in [7, 11) is 0. The number of benzene rings is 1. The first kappa shape index (κ1) is 12.8. The van der Waals surface area contributed by atoms with Crippen molar-refractivity contribution in [3.8, 4) is 0 Å². The molecular formula is C15H18O3. The molecule has 1 atom stereocenters. The third-order valence-corrected chi connectivity index (χ3v) is 3.01. The van der Waals surface area contributed by atoms with Crippen LogP contribution in [-0.2, 0) is 20.7 Å². The van der Waals surface area contributed by atoms with Gasteiger partial charge >= 0.3 is 5.97 Å². The van der Waals surface area contributed by atoms with Crippen LogP contribution in [0.5, 0.6) is 0 Å². The van der Waals surface area contributed by atoms with Crippen LogP contribution in [0.2, 0.25) is 0 Å². The van der Waals surface area contributed by atoms with E-state index >= 15 is 0 Å². The van der Waals surface area contributed by atoms with Gasteiger partial charge in [-0.05, 0) is 18.9 Å². The van der Waals surface area contributed by atoms with Crippen LogP contribution >= 0.6 is 0 Å². The second-order valence-corrected chi connectivity index (χ2v) is 4.69. The summed E-state index contributed by atoms with van der Waals surface area (Å²) < 4.78 is 11.2. The Balaban J connectivity index is 2.12. The molecule has 1 unspecified atom stereocenters. The average Bonchev–Trinajstić information content (AvgIpc) is 2.78. The summed E-state index contributed by atoms with van der Waals surface area (Å²) in [4.78, 5) is 11.7. The van der Waals surface area contributed by atoms with Gasteiger partial charge in [0.1, 0.15) is 0 Å². The number of hydrogen-bond donors (Lipinski definition) is 0. The minimum atomic E-state index is -0.808. The van der Waals surface area contributed by atoms with E-state index in [4.69, 9.17) is 9.47 Å². The number of rotatable bonds is 4. The van der Waals surface area contributed by atoms with E-state index < -0.39 is 5.79 Å². The lowest BCUT2D eigenvalue weighted by molar-refractivity contribution is -0.209. The van der Waals surface area contributed by atoms with Crippen LogP contribution in [0, 0.1) is 0 Å². The molecule has 1 aliphatic rings. The Morgan fingerprint density at radius 3 is 2.72 bits per heavy atom. The Bertz CT molecular complexity index is 430. The van der Waals surface area contributed by atoms with Gasteiger partial charge in [0.2, 0.25) is 5.79 Å². The van der Waals surface area contributed by atoms with Gasteiger partial charge in [0, 0.05) is 18.4 Å². The topological polar surface area (TPSA) is 35.5 Å². The molecule has 0 saturated carbocycles. The van der Waals surface area contributed by atoms with E-state index in [0.29, 0.717) is 18.6 Å². The van der Waals surface area contributed by atoms with Crippen molar-refractivity contribution < 1.29 is 14.3 Å². The molecule has 1 heterocycles. The fourth-order valence-corrected chi connectivity index (χ4v) is 2.09. The van der Waals surface area contributed by atoms with Gasteiger partial charge in [-0.25, -0.2) is 4.79 Å². The van der Waals surface area contributed by atoms with Crippen LogP contribution in [0.25, 0.3) is 0 Å². The molecule has 18 heavy (non-hydrogen) atoms. The highest BCUT2D eigenvalue weighted by molar-refractivity contribution is 5.87. The molecule has 96 valence electrons. The van der Waals surface area contributed by atoms with Crippen molar-refractivity contribution in [3.63, 3.8) is 0 Å². The molecular weight excluding hydrogens is 228 g/mol. The zero-order valence-electron chi connectivity index (χ0n) is 10.6. The van der Waals surface area contributed by atoms with Gasteiger partial charge in [-0.15, -0.1) is 0 Å². The van der Waals surface area contributed by atoms with E-state index in [-0.39, 0.29) is 5.97 Å². The molecule has 1 aromatic rings. The van der Waals surface area contributed by atoms with Gasteiger partial charge in [-0.1, -0.05) is 36.9 Å². The predicted molar refractivity (Wildman–Crippen MR) is 69.0 cm³/mol. The first-order valence-electron chi connectivity index (χ1n) is 6.18. The summed E-state index contributed by atoms with van der Waals surface area (Å²) in [5.74, 6) is -1.19. The molecule has 0 spiro atoms. The molecule has 0 amide bonds. The molecule has 1 fully saturated rings. The second kappa shape index (κ2) is 5.36. The summed E-state index contributed by atoms with van der Waals surface area (Å²) in [6.45, 7) is 5.89. The summed E-state index contributed by atoms with van der Waals surface area (Å²) in [5.41, 5.74) is 1.51. The highest BCUT2D eigenvalue weighted by Crippen LogP contribution is 2.31. The monoisotopic (exact) mass is 246 g/mol. The quantitative estimate of drug-likeness (QED) is 0.605. The Kier molecular flexibility index (Phi) is 3.82. The molecule has 0 bridgehead atoms. The summed E-state index contributed by atoms with van der Waals surface area (Å²) >= 11 is 0. The van der Waals surface area contributed by atoms with Crippen LogP contribution in [0.1, 0.15) is 25.3 Å². The van der Waals surface area contributed by atoms with Crippen molar-refractivity contribution in [2.75, 3.05) is 6.61 Å². The Morgan fingerprint density at radius 1 is 1.44 bits per heavy atom. The third kappa shape index (κ3) is 2.99. The molecule has 0 aliphatic carbocycles. The van der Waals surface area contributed by atoms with Crippen LogP contribution < -0.4 is 0 Å². The van der Waals surface area contributed by atoms with Crippen molar-refractivity contribution in [3.05, 3.63) is 48.0 Å². The van der Waals surface area contributed by atoms with Crippen molar-refractivity contribution in [1.82, 2.24) is 0 Å². The van der Waals surface area contributed by atoms with Crippen LogP contribution in [0.4, 0.5) is 0 Å². The van der Waals surface area contributed by atoms with Gasteiger partial charge in [0.05, 0.1) is 6.61 Å². The van der Waals surface area contributed by atoms with E-state index in [1.165, 1.54) is 0 Å². The molecule has 0 N–H and O–H groups in total. The minimum Gasteiger partial charge on any atom is -0.429 e. The van der Waals surface area contributed by atoms with Gasteiger partial charge in [0.15, 0.2) is 0 Å². The standard InChI is InChI=1S/C15H18O3/c1-12(2)14(16)18-15(9-6-10-17-15)11-13-7-4-3-5-8-13/h3-5,7-8H,1,6,9-11H2,2H3. The van der Waals surface area contributed by atoms with Gasteiger partial charge < -0.3 is 9.47 Å². The summed E-state index contributed by atoms with van der Waals surface area (Å²) in [5, 5.41) is 0. The normalized spacial score (nSPS) is 22.7. The van der Waals surface area contributed by atoms with E-state index in [0.717, 1.165) is 18.4 Å². The molecule has 1 aliphatic heterocycles. The lowest BCUT2D eigenvalue weighted by Crippen LogP contribution is -2.36. The smallest absolute Gasteiger partial charge is 0.335 e. The lowest BCUT2D eigenvalue weighted by atomic mass is 10.0. The average molecular weight is 246 g/mol. The zero-order valence-corrected chi connectivity index (χ0v) is 10.6. The van der Waals surface area contributed by atoms with Gasteiger partial charge in [0.25, 0.3) is 0 Å². The van der Waals surface area contributed by atoms with E-state index in [1.54, 1.807) is 6.92 Å². The molecule has 0 radical (unpaired) electrons. The highest BCUT2D eigenvalue weighted by Gasteiger charge is 2.39. The molecule has 1 aromatic carbocycles. The number of hydrogen-bond acceptors (Lipinski definition) is 3. The van der Waals surface area contributed by atoms with Crippen molar-refractivity contribution in [2.45, 2.75) is 32.0 Å². The maximum Gasteiger partial charge on any atom is 0.335 e. The van der Waals surface area contributed by atoms with Crippen LogP contribution in [-0.4, -0.2) is 18.4 Å². The molecule has 1 saturated heterocycles. The number of carbonyl (C=O) groups excluding carboxylic acids is 1. The first-order valence-corrected chi connectivity index (χ1v) is 6.18. The second-order valence-electron chi connectivity index (χ2n) is 4.69. The fraction of sp³-hybridized carbons (Fsp3) is 0.400. The summed E-state index contributed by atoms with van der Waals surface area (Å²) in [6.07, 6.45) is 2.24. The molecule has 0 aromatic heterocycles. The Morgan fingerprint density at radius 2 is 2.17 bits per heavy atom. The number of carbonyl (C=O) groups is 1.